The summed E-state index contributed by atoms with van der Waals surface area (Å²) >= 11 is 2.24. The van der Waals surface area contributed by atoms with Gasteiger partial charge in [-0.15, -0.1) is 0 Å². The molecule has 0 aromatic heterocycles. The molecule has 4 nitrogen and oxygen atoms in total. The Bertz CT molecular complexity index is 411. The smallest absolute Gasteiger partial charge is 0.404 e. The maximum Gasteiger partial charge on any atom is 0.404 e. The van der Waals surface area contributed by atoms with Crippen molar-refractivity contribution in [2.24, 2.45) is 5.73 Å². The topological polar surface area (TPSA) is 61.5 Å². The van der Waals surface area contributed by atoms with Crippen LogP contribution in [0, 0.1) is 3.57 Å². The first-order valence-electron chi connectivity index (χ1n) is 6.32. The molecule has 1 rings (SSSR count). The number of ether oxygens (including phenoxy) is 2. The molecule has 2 atom stereocenters. The Labute approximate surface area is 127 Å². The van der Waals surface area contributed by atoms with E-state index in [1.807, 2.05) is 24.3 Å². The molecule has 5 heteroatoms. The molecular weight excluding hydrogens is 357 g/mol. The van der Waals surface area contributed by atoms with Gasteiger partial charge in [0, 0.05) is 10.7 Å². The summed E-state index contributed by atoms with van der Waals surface area (Å²) in [6, 6.07) is 7.97. The molecule has 0 spiro atoms. The van der Waals surface area contributed by atoms with Crippen LogP contribution in [0.5, 0.6) is 0 Å². The third-order valence-electron chi connectivity index (χ3n) is 2.88. The zero-order valence-corrected chi connectivity index (χ0v) is 13.4. The van der Waals surface area contributed by atoms with Crippen molar-refractivity contribution in [3.63, 3.8) is 0 Å². The van der Waals surface area contributed by atoms with E-state index < -0.39 is 6.09 Å². The maximum absolute atomic E-state index is 11.0. The number of rotatable bonds is 7. The number of nitrogens with two attached hydrogens (primary N) is 1. The van der Waals surface area contributed by atoms with E-state index >= 15 is 0 Å². The van der Waals surface area contributed by atoms with Gasteiger partial charge in [-0.1, -0.05) is 25.5 Å². The molecule has 2 N–H and O–H groups in total. The predicted molar refractivity (Wildman–Crippen MR) is 82.9 cm³/mol. The molecule has 19 heavy (non-hydrogen) atoms. The van der Waals surface area contributed by atoms with Gasteiger partial charge in [0.1, 0.15) is 12.2 Å². The quantitative estimate of drug-likeness (QED) is 0.739. The van der Waals surface area contributed by atoms with Gasteiger partial charge in [-0.3, -0.25) is 0 Å². The molecule has 0 aliphatic heterocycles. The van der Waals surface area contributed by atoms with E-state index in [-0.39, 0.29) is 12.2 Å². The van der Waals surface area contributed by atoms with Crippen LogP contribution < -0.4 is 5.73 Å². The van der Waals surface area contributed by atoms with Gasteiger partial charge in [-0.05, 0) is 53.1 Å². The van der Waals surface area contributed by atoms with Crippen LogP contribution in [0.2, 0.25) is 0 Å². The Hall–Kier alpha value is -0.820. The summed E-state index contributed by atoms with van der Waals surface area (Å²) in [7, 11) is 1.62. The molecule has 1 amide bonds. The first-order valence-corrected chi connectivity index (χ1v) is 7.40. The van der Waals surface area contributed by atoms with Crippen LogP contribution in [0.25, 0.3) is 0 Å². The predicted octanol–water partition coefficient (Wildman–Crippen LogP) is 3.63. The lowest BCUT2D eigenvalue weighted by Gasteiger charge is -2.25. The van der Waals surface area contributed by atoms with Crippen LogP contribution in [0.3, 0.4) is 0 Å². The van der Waals surface area contributed by atoms with Crippen LogP contribution in [0.1, 0.15) is 37.9 Å². The van der Waals surface area contributed by atoms with E-state index in [0.717, 1.165) is 28.4 Å². The molecule has 0 unspecified atom stereocenters. The molecule has 0 bridgehead atoms. The summed E-state index contributed by atoms with van der Waals surface area (Å²) in [6.07, 6.45) is 1.34. The van der Waals surface area contributed by atoms with E-state index in [4.69, 9.17) is 15.2 Å². The fourth-order valence-electron chi connectivity index (χ4n) is 2.01. The SMILES string of the molecule is CCCC[C@@H](OC(N)=O)[C@H](OC)c1cccc(I)c1. The van der Waals surface area contributed by atoms with E-state index in [1.165, 1.54) is 0 Å². The van der Waals surface area contributed by atoms with Gasteiger partial charge in [0.2, 0.25) is 0 Å². The summed E-state index contributed by atoms with van der Waals surface area (Å²) in [5.41, 5.74) is 6.14. The Morgan fingerprint density at radius 2 is 2.21 bits per heavy atom. The molecule has 0 saturated heterocycles. The van der Waals surface area contributed by atoms with Gasteiger partial charge < -0.3 is 15.2 Å². The van der Waals surface area contributed by atoms with Crippen molar-refractivity contribution in [1.29, 1.82) is 0 Å². The highest BCUT2D eigenvalue weighted by Gasteiger charge is 2.25. The lowest BCUT2D eigenvalue weighted by Crippen LogP contribution is -2.29. The maximum atomic E-state index is 11.0. The van der Waals surface area contributed by atoms with Crippen LogP contribution in [0.4, 0.5) is 4.79 Å². The number of primary amides is 1. The minimum atomic E-state index is -0.756. The standard InChI is InChI=1S/C14H20INO3/c1-3-4-8-12(19-14(16)17)13(18-2)10-6-5-7-11(15)9-10/h5-7,9,12-13H,3-4,8H2,1-2H3,(H2,16,17)/t12-,13-/m1/s1. The summed E-state index contributed by atoms with van der Waals surface area (Å²) in [5, 5.41) is 0. The van der Waals surface area contributed by atoms with Crippen molar-refractivity contribution in [3.05, 3.63) is 33.4 Å². The van der Waals surface area contributed by atoms with Crippen LogP contribution >= 0.6 is 22.6 Å². The molecule has 0 radical (unpaired) electrons. The van der Waals surface area contributed by atoms with Gasteiger partial charge in [0.05, 0.1) is 0 Å². The summed E-state index contributed by atoms with van der Waals surface area (Å²) in [4.78, 5) is 11.0. The fraction of sp³-hybridized carbons (Fsp3) is 0.500. The lowest BCUT2D eigenvalue weighted by atomic mass is 10.00. The highest BCUT2D eigenvalue weighted by Crippen LogP contribution is 2.27. The van der Waals surface area contributed by atoms with Crippen molar-refractivity contribution in [2.75, 3.05) is 7.11 Å². The first kappa shape index (κ1) is 16.2. The third kappa shape index (κ3) is 5.36. The van der Waals surface area contributed by atoms with Crippen LogP contribution in [-0.2, 0) is 9.47 Å². The molecule has 1 aromatic rings. The number of carbonyl (C=O) groups excluding carboxylic acids is 1. The molecule has 0 saturated carbocycles. The minimum Gasteiger partial charge on any atom is -0.443 e. The number of carbonyl (C=O) groups is 1. The van der Waals surface area contributed by atoms with E-state index in [1.54, 1.807) is 7.11 Å². The van der Waals surface area contributed by atoms with Gasteiger partial charge in [-0.25, -0.2) is 4.79 Å². The molecule has 106 valence electrons. The summed E-state index contributed by atoms with van der Waals surface area (Å²) in [5.74, 6) is 0. The molecule has 0 aliphatic rings. The summed E-state index contributed by atoms with van der Waals surface area (Å²) < 4.78 is 11.8. The monoisotopic (exact) mass is 377 g/mol. The van der Waals surface area contributed by atoms with Crippen molar-refractivity contribution in [2.45, 2.75) is 38.4 Å². The summed E-state index contributed by atoms with van der Waals surface area (Å²) in [6.45, 7) is 2.09. The van der Waals surface area contributed by atoms with Crippen molar-refractivity contribution in [1.82, 2.24) is 0 Å². The zero-order valence-electron chi connectivity index (χ0n) is 11.3. The Morgan fingerprint density at radius 3 is 2.74 bits per heavy atom. The Kier molecular flexibility index (Phi) is 7.15. The molecule has 1 aromatic carbocycles. The first-order chi connectivity index (χ1) is 9.08. The average molecular weight is 377 g/mol. The van der Waals surface area contributed by atoms with Gasteiger partial charge in [0.15, 0.2) is 0 Å². The highest BCUT2D eigenvalue weighted by atomic mass is 127. The second-order valence-electron chi connectivity index (χ2n) is 4.33. The Morgan fingerprint density at radius 1 is 1.47 bits per heavy atom. The second-order valence-corrected chi connectivity index (χ2v) is 5.57. The molecular formula is C14H20INO3. The van der Waals surface area contributed by atoms with Crippen LogP contribution in [-0.4, -0.2) is 19.3 Å². The number of hydrogen-bond donors (Lipinski definition) is 1. The molecule has 0 heterocycles. The average Bonchev–Trinajstić information content (AvgIpc) is 2.36. The van der Waals surface area contributed by atoms with Crippen LogP contribution in [0.15, 0.2) is 24.3 Å². The van der Waals surface area contributed by atoms with E-state index in [2.05, 4.69) is 29.5 Å². The number of amides is 1. The lowest BCUT2D eigenvalue weighted by molar-refractivity contribution is -0.0257. The second kappa shape index (κ2) is 8.37. The normalized spacial score (nSPS) is 13.8. The molecule has 0 fully saturated rings. The number of benzene rings is 1. The van der Waals surface area contributed by atoms with Gasteiger partial charge in [-0.2, -0.15) is 0 Å². The zero-order chi connectivity index (χ0) is 14.3. The van der Waals surface area contributed by atoms with E-state index in [9.17, 15) is 4.79 Å². The van der Waals surface area contributed by atoms with Crippen molar-refractivity contribution < 1.29 is 14.3 Å². The Balaban J connectivity index is 2.90. The number of methoxy groups -OCH3 is 1. The fourth-order valence-corrected chi connectivity index (χ4v) is 2.58. The van der Waals surface area contributed by atoms with Gasteiger partial charge >= 0.3 is 6.09 Å². The third-order valence-corrected chi connectivity index (χ3v) is 3.55. The van der Waals surface area contributed by atoms with E-state index in [0.29, 0.717) is 0 Å². The molecule has 0 aliphatic carbocycles. The van der Waals surface area contributed by atoms with Gasteiger partial charge in [0.25, 0.3) is 0 Å². The minimum absolute atomic E-state index is 0.284. The largest absolute Gasteiger partial charge is 0.443 e. The van der Waals surface area contributed by atoms with Crippen molar-refractivity contribution >= 4 is 28.7 Å². The number of hydrogen-bond acceptors (Lipinski definition) is 3. The number of halogens is 1. The highest BCUT2D eigenvalue weighted by molar-refractivity contribution is 14.1. The van der Waals surface area contributed by atoms with Crippen molar-refractivity contribution in [3.8, 4) is 0 Å². The number of unbranched alkanes of at least 4 members (excludes halogenated alkanes) is 1.